The Labute approximate surface area is 440 Å². The molecule has 73 heavy (non-hydrogen) atoms. The fourth-order valence-electron chi connectivity index (χ4n) is 9.69. The van der Waals surface area contributed by atoms with E-state index in [2.05, 4.69) is 27.0 Å². The average molecular weight is 1080 g/mol. The Bertz CT molecular complexity index is 2230. The third-order valence-electron chi connectivity index (χ3n) is 13.9. The first-order valence-electron chi connectivity index (χ1n) is 24.3. The fraction of sp³-hybridized carbons (Fsp3) is 0.694. The van der Waals surface area contributed by atoms with Gasteiger partial charge in [-0.2, -0.15) is 0 Å². The van der Waals surface area contributed by atoms with Gasteiger partial charge in [0.05, 0.1) is 55.9 Å². The second-order valence-corrected chi connectivity index (χ2v) is 21.3. The minimum absolute atomic E-state index is 0.0216. The molecular formula is C49H66Cl3N7O14. The van der Waals surface area contributed by atoms with Crippen LogP contribution in [-0.2, 0) is 79.6 Å². The molecule has 0 saturated carbocycles. The van der Waals surface area contributed by atoms with Gasteiger partial charge in [-0.3, -0.25) is 15.0 Å². The highest BCUT2D eigenvalue weighted by Crippen LogP contribution is 2.42. The predicted octanol–water partition coefficient (Wildman–Crippen LogP) is 9.28. The molecule has 4 saturated heterocycles. The normalized spacial score (nSPS) is 36.7. The zero-order valence-corrected chi connectivity index (χ0v) is 44.4. The summed E-state index contributed by atoms with van der Waals surface area (Å²) in [7, 11) is 0. The molecule has 0 spiro atoms. The number of ether oxygens (including phenoxy) is 12. The van der Waals surface area contributed by atoms with Crippen molar-refractivity contribution >= 4 is 52.6 Å². The molecule has 9 unspecified atom stereocenters. The lowest BCUT2D eigenvalue weighted by atomic mass is 9.85. The maximum absolute atomic E-state index is 12.3. The molecule has 1 N–H and O–H groups in total. The molecule has 0 radical (unpaired) electrons. The summed E-state index contributed by atoms with van der Waals surface area (Å²) in [6.45, 7) is 15.7. The van der Waals surface area contributed by atoms with E-state index in [0.29, 0.717) is 6.61 Å². The van der Waals surface area contributed by atoms with Crippen LogP contribution in [0, 0.1) is 35.0 Å². The molecule has 0 bridgehead atoms. The van der Waals surface area contributed by atoms with Crippen molar-refractivity contribution in [3.05, 3.63) is 92.7 Å². The molecule has 0 aromatic heterocycles. The number of carbonyl (C=O) groups is 2. The standard InChI is InChI=1S/C49H66Cl3N7O14/c1-24-29(6)66-44(27(4)39(24)64-20-33-16-12-10-13-17-33)70-40-25(2)37(56-58-54)46(68-35(40)22-62-31(8)60)72-43-30(7)67-45(28(5)42(43)65-21-34-18-14-11-15-19-34)71-41-26(3)38(57-59-55)47(73-48(53)49(50,51)52)69-36(41)23-63-32(9)61/h10-19,24-30,35-47,53H,20-23H2,1-9H3/t24-,25-,26-,27?,28?,29?,30?,35?,36?,37?,38?,39-,40+,41+,42+,43-,44+,45+,46+,47?/m1/s1. The Kier molecular flexibility index (Phi) is 21.3. The van der Waals surface area contributed by atoms with Gasteiger partial charge in [0.25, 0.3) is 3.79 Å². The highest BCUT2D eigenvalue weighted by molar-refractivity contribution is 6.76. The number of carbonyl (C=O) groups excluding carboxylic acids is 2. The summed E-state index contributed by atoms with van der Waals surface area (Å²) >= 11 is 17.8. The molecule has 21 nitrogen and oxygen atoms in total. The smallest absolute Gasteiger partial charge is 0.302 e. The number of hydrogen-bond acceptors (Lipinski definition) is 17. The molecule has 4 fully saturated rings. The number of hydrogen-bond donors (Lipinski definition) is 1. The molecule has 4 aliphatic heterocycles. The second kappa shape index (κ2) is 26.6. The summed E-state index contributed by atoms with van der Waals surface area (Å²) < 4.78 is 74.0. The minimum atomic E-state index is -2.27. The van der Waals surface area contributed by atoms with Gasteiger partial charge in [0, 0.05) is 41.4 Å². The molecule has 20 atom stereocenters. The SMILES string of the molecule is CC(=O)OCC1OC(OC(=N)C(Cl)(Cl)Cl)C(N=[N+]=[N-])[C@@H](C)[C@@H]1O[C@@H]1OC(C)[C@@H](O[C@@H]2OC(COC(C)=O)[C@@H](O[C@@H]3OC(C)[C@@H](C)[C@@H](OCc4ccccc4)C3C)[C@H](C)C2N=[N+]=[N-])[C@@H](OCc2ccccc2)C1C. The van der Waals surface area contributed by atoms with Crippen molar-refractivity contribution in [2.45, 2.75) is 171 Å². The van der Waals surface area contributed by atoms with Crippen LogP contribution < -0.4 is 0 Å². The van der Waals surface area contributed by atoms with Crippen molar-refractivity contribution in [3.63, 3.8) is 0 Å². The minimum Gasteiger partial charge on any atom is -0.463 e. The van der Waals surface area contributed by atoms with E-state index in [0.717, 1.165) is 11.1 Å². The molecule has 6 rings (SSSR count). The van der Waals surface area contributed by atoms with Gasteiger partial charge in [0.1, 0.15) is 37.6 Å². The average Bonchev–Trinajstić information content (AvgIpc) is 3.34. The van der Waals surface area contributed by atoms with Crippen molar-refractivity contribution in [1.29, 1.82) is 5.41 Å². The van der Waals surface area contributed by atoms with Crippen LogP contribution in [-0.4, -0.2) is 127 Å². The summed E-state index contributed by atoms with van der Waals surface area (Å²) in [5, 5.41) is 16.3. The number of halogens is 3. The summed E-state index contributed by atoms with van der Waals surface area (Å²) in [5.74, 6) is -4.18. The Balaban J connectivity index is 1.27. The lowest BCUT2D eigenvalue weighted by Crippen LogP contribution is -2.63. The quantitative estimate of drug-likeness (QED) is 0.0261. The first-order chi connectivity index (χ1) is 34.7. The van der Waals surface area contributed by atoms with Crippen LogP contribution >= 0.6 is 34.8 Å². The third-order valence-corrected chi connectivity index (χ3v) is 14.4. The van der Waals surface area contributed by atoms with Gasteiger partial charge in [-0.05, 0) is 47.9 Å². The van der Waals surface area contributed by atoms with Gasteiger partial charge in [-0.15, -0.1) is 0 Å². The van der Waals surface area contributed by atoms with Crippen LogP contribution in [0.25, 0.3) is 20.9 Å². The van der Waals surface area contributed by atoms with E-state index in [1.54, 1.807) is 13.8 Å². The van der Waals surface area contributed by atoms with Crippen LogP contribution in [0.4, 0.5) is 0 Å². The van der Waals surface area contributed by atoms with E-state index in [-0.39, 0.29) is 43.9 Å². The highest BCUT2D eigenvalue weighted by Gasteiger charge is 2.54. The van der Waals surface area contributed by atoms with E-state index in [1.165, 1.54) is 13.8 Å². The third kappa shape index (κ3) is 15.1. The molecule has 4 heterocycles. The lowest BCUT2D eigenvalue weighted by molar-refractivity contribution is -0.360. The number of benzene rings is 2. The maximum atomic E-state index is 12.3. The van der Waals surface area contributed by atoms with Crippen LogP contribution in [0.3, 0.4) is 0 Å². The number of nitrogens with zero attached hydrogens (tertiary/aromatic N) is 6. The first kappa shape index (κ1) is 58.2. The highest BCUT2D eigenvalue weighted by atomic mass is 35.6. The van der Waals surface area contributed by atoms with E-state index in [4.69, 9.17) is 97.1 Å². The molecule has 2 aromatic carbocycles. The number of esters is 2. The van der Waals surface area contributed by atoms with Crippen molar-refractivity contribution in [2.75, 3.05) is 13.2 Å². The van der Waals surface area contributed by atoms with E-state index in [9.17, 15) is 20.7 Å². The lowest BCUT2D eigenvalue weighted by Gasteiger charge is -2.51. The van der Waals surface area contributed by atoms with Crippen LogP contribution in [0.5, 0.6) is 0 Å². The molecular weight excluding hydrogens is 1020 g/mol. The Morgan fingerprint density at radius 1 is 0.575 bits per heavy atom. The van der Waals surface area contributed by atoms with Gasteiger partial charge in [0.15, 0.2) is 18.9 Å². The van der Waals surface area contributed by atoms with E-state index < -0.39 is 119 Å². The van der Waals surface area contributed by atoms with Gasteiger partial charge in [-0.25, -0.2) is 0 Å². The van der Waals surface area contributed by atoms with E-state index >= 15 is 0 Å². The van der Waals surface area contributed by atoms with Gasteiger partial charge < -0.3 is 56.8 Å². The molecule has 2 aromatic rings. The monoisotopic (exact) mass is 1080 g/mol. The van der Waals surface area contributed by atoms with Crippen molar-refractivity contribution < 1.29 is 66.4 Å². The summed E-state index contributed by atoms with van der Waals surface area (Å²) in [6, 6.07) is 17.2. The zero-order chi connectivity index (χ0) is 53.1. The number of azide groups is 2. The van der Waals surface area contributed by atoms with Gasteiger partial charge >= 0.3 is 11.9 Å². The number of alkyl halides is 3. The van der Waals surface area contributed by atoms with Crippen molar-refractivity contribution in [2.24, 2.45) is 39.8 Å². The van der Waals surface area contributed by atoms with Crippen LogP contribution in [0.1, 0.15) is 73.4 Å². The Hall–Kier alpha value is -4.02. The van der Waals surface area contributed by atoms with Gasteiger partial charge in [0.2, 0.25) is 12.2 Å². The first-order valence-corrected chi connectivity index (χ1v) is 25.4. The molecule has 402 valence electrons. The molecule has 0 amide bonds. The number of nitrogens with one attached hydrogen (secondary N) is 1. The van der Waals surface area contributed by atoms with Crippen molar-refractivity contribution in [1.82, 2.24) is 0 Å². The van der Waals surface area contributed by atoms with E-state index in [1.807, 2.05) is 88.4 Å². The van der Waals surface area contributed by atoms with Crippen molar-refractivity contribution in [3.8, 4) is 0 Å². The fourth-order valence-corrected chi connectivity index (χ4v) is 9.82. The second-order valence-electron chi connectivity index (χ2n) is 19.1. The topological polar surface area (TPSA) is 266 Å². The molecule has 0 aliphatic carbocycles. The van der Waals surface area contributed by atoms with Crippen LogP contribution in [0.15, 0.2) is 70.9 Å². The number of rotatable bonds is 19. The Morgan fingerprint density at radius 2 is 1.00 bits per heavy atom. The molecule has 24 heteroatoms. The molecule has 4 aliphatic rings. The zero-order valence-electron chi connectivity index (χ0n) is 42.2. The largest absolute Gasteiger partial charge is 0.463 e. The predicted molar refractivity (Wildman–Crippen MR) is 265 cm³/mol. The Morgan fingerprint density at radius 3 is 1.47 bits per heavy atom. The maximum Gasteiger partial charge on any atom is 0.302 e. The van der Waals surface area contributed by atoms with Gasteiger partial charge in [-0.1, -0.05) is 140 Å². The summed E-state index contributed by atoms with van der Waals surface area (Å²) in [6.07, 6.45) is -11.4. The van der Waals surface area contributed by atoms with Crippen LogP contribution in [0.2, 0.25) is 0 Å². The summed E-state index contributed by atoms with van der Waals surface area (Å²) in [4.78, 5) is 30.6. The summed E-state index contributed by atoms with van der Waals surface area (Å²) in [5.41, 5.74) is 21.5.